The Morgan fingerprint density at radius 2 is 2.06 bits per heavy atom. The van der Waals surface area contributed by atoms with E-state index < -0.39 is 6.10 Å². The van der Waals surface area contributed by atoms with Crippen molar-refractivity contribution in [1.29, 1.82) is 0 Å². The third-order valence-corrected chi connectivity index (χ3v) is 3.88. The van der Waals surface area contributed by atoms with Crippen LogP contribution in [0.2, 0.25) is 0 Å². The molecule has 1 N–H and O–H groups in total. The molecule has 0 aromatic heterocycles. The molecule has 1 saturated carbocycles. The van der Waals surface area contributed by atoms with Crippen LogP contribution in [0.1, 0.15) is 44.3 Å². The Morgan fingerprint density at radius 3 is 2.71 bits per heavy atom. The van der Waals surface area contributed by atoms with E-state index in [0.717, 1.165) is 24.8 Å². The van der Waals surface area contributed by atoms with Crippen LogP contribution in [0, 0.1) is 11.8 Å². The molecule has 0 amide bonds. The van der Waals surface area contributed by atoms with Crippen LogP contribution >= 0.6 is 0 Å². The number of Topliss-reactive ketones (excluding diaryl/α,β-unsaturated/α-hetero) is 1. The third-order valence-electron chi connectivity index (χ3n) is 3.88. The van der Waals surface area contributed by atoms with Gasteiger partial charge in [-0.25, -0.2) is 0 Å². The molecule has 0 saturated heterocycles. The second-order valence-electron chi connectivity index (χ2n) is 4.91. The first-order chi connectivity index (χ1) is 8.24. The molecule has 3 atom stereocenters. The van der Waals surface area contributed by atoms with E-state index in [0.29, 0.717) is 12.3 Å². The molecule has 1 aliphatic rings. The van der Waals surface area contributed by atoms with E-state index in [4.69, 9.17) is 0 Å². The van der Waals surface area contributed by atoms with E-state index >= 15 is 0 Å². The maximum atomic E-state index is 12.0. The SMILES string of the molecule is CC[C@H]1CCCC(=O)[C@@H]1[C@@H](O)c1ccccc1. The Morgan fingerprint density at radius 1 is 1.35 bits per heavy atom. The minimum Gasteiger partial charge on any atom is -0.388 e. The topological polar surface area (TPSA) is 37.3 Å². The first-order valence-electron chi connectivity index (χ1n) is 6.49. The van der Waals surface area contributed by atoms with Gasteiger partial charge < -0.3 is 5.11 Å². The minimum atomic E-state index is -0.631. The lowest BCUT2D eigenvalue weighted by molar-refractivity contribution is -0.132. The van der Waals surface area contributed by atoms with E-state index in [1.165, 1.54) is 0 Å². The van der Waals surface area contributed by atoms with Crippen LogP contribution in [0.4, 0.5) is 0 Å². The van der Waals surface area contributed by atoms with E-state index in [-0.39, 0.29) is 11.7 Å². The molecule has 0 heterocycles. The molecule has 2 nitrogen and oxygen atoms in total. The van der Waals surface area contributed by atoms with Crippen LogP contribution in [0.25, 0.3) is 0 Å². The number of ketones is 1. The Balaban J connectivity index is 2.21. The van der Waals surface area contributed by atoms with Gasteiger partial charge in [-0.15, -0.1) is 0 Å². The zero-order chi connectivity index (χ0) is 12.3. The Kier molecular flexibility index (Phi) is 3.95. The smallest absolute Gasteiger partial charge is 0.139 e. The summed E-state index contributed by atoms with van der Waals surface area (Å²) in [6.45, 7) is 2.11. The lowest BCUT2D eigenvalue weighted by atomic mass is 9.72. The van der Waals surface area contributed by atoms with E-state index in [1.54, 1.807) is 0 Å². The van der Waals surface area contributed by atoms with Crippen LogP contribution < -0.4 is 0 Å². The van der Waals surface area contributed by atoms with Crippen molar-refractivity contribution >= 4 is 5.78 Å². The van der Waals surface area contributed by atoms with Crippen molar-refractivity contribution in [3.8, 4) is 0 Å². The molecule has 1 aromatic carbocycles. The summed E-state index contributed by atoms with van der Waals surface area (Å²) < 4.78 is 0. The number of aliphatic hydroxyl groups is 1. The largest absolute Gasteiger partial charge is 0.388 e. The molecule has 0 bridgehead atoms. The van der Waals surface area contributed by atoms with Crippen molar-refractivity contribution in [1.82, 2.24) is 0 Å². The number of rotatable bonds is 3. The Bertz CT molecular complexity index is 372. The van der Waals surface area contributed by atoms with Crippen molar-refractivity contribution in [3.05, 3.63) is 35.9 Å². The normalized spacial score (nSPS) is 26.8. The summed E-state index contributed by atoms with van der Waals surface area (Å²) in [6, 6.07) is 9.55. The van der Waals surface area contributed by atoms with Crippen molar-refractivity contribution in [2.75, 3.05) is 0 Å². The van der Waals surface area contributed by atoms with Crippen molar-refractivity contribution in [3.63, 3.8) is 0 Å². The summed E-state index contributed by atoms with van der Waals surface area (Å²) in [7, 11) is 0. The highest BCUT2D eigenvalue weighted by atomic mass is 16.3. The average Bonchev–Trinajstić information content (AvgIpc) is 2.38. The molecule has 1 aliphatic carbocycles. The summed E-state index contributed by atoms with van der Waals surface area (Å²) in [4.78, 5) is 12.0. The summed E-state index contributed by atoms with van der Waals surface area (Å²) >= 11 is 0. The van der Waals surface area contributed by atoms with Crippen molar-refractivity contribution in [2.24, 2.45) is 11.8 Å². The molecular weight excluding hydrogens is 212 g/mol. The fourth-order valence-corrected chi connectivity index (χ4v) is 2.90. The molecule has 1 aromatic rings. The summed E-state index contributed by atoms with van der Waals surface area (Å²) in [5.41, 5.74) is 0.867. The highest BCUT2D eigenvalue weighted by molar-refractivity contribution is 5.82. The number of carbonyl (C=O) groups is 1. The van der Waals surface area contributed by atoms with Gasteiger partial charge in [0.2, 0.25) is 0 Å². The zero-order valence-electron chi connectivity index (χ0n) is 10.3. The van der Waals surface area contributed by atoms with Crippen molar-refractivity contribution in [2.45, 2.75) is 38.7 Å². The molecule has 92 valence electrons. The fourth-order valence-electron chi connectivity index (χ4n) is 2.90. The van der Waals surface area contributed by atoms with Gasteiger partial charge >= 0.3 is 0 Å². The maximum Gasteiger partial charge on any atom is 0.139 e. The van der Waals surface area contributed by atoms with E-state index in [9.17, 15) is 9.90 Å². The number of hydrogen-bond donors (Lipinski definition) is 1. The summed E-state index contributed by atoms with van der Waals surface area (Å²) in [5.74, 6) is 0.377. The standard InChI is InChI=1S/C15H20O2/c1-2-11-9-6-10-13(16)14(11)15(17)12-7-4-3-5-8-12/h3-5,7-8,11,14-15,17H,2,6,9-10H2,1H3/t11-,14+,15-/m0/s1. The van der Waals surface area contributed by atoms with Gasteiger partial charge in [0, 0.05) is 6.42 Å². The van der Waals surface area contributed by atoms with Gasteiger partial charge in [-0.05, 0) is 24.3 Å². The highest BCUT2D eigenvalue weighted by Crippen LogP contribution is 2.38. The van der Waals surface area contributed by atoms with Crippen LogP contribution in [0.5, 0.6) is 0 Å². The minimum absolute atomic E-state index is 0.198. The number of hydrogen-bond acceptors (Lipinski definition) is 2. The Hall–Kier alpha value is -1.15. The van der Waals surface area contributed by atoms with Crippen LogP contribution in [-0.2, 0) is 4.79 Å². The van der Waals surface area contributed by atoms with Crippen LogP contribution in [0.3, 0.4) is 0 Å². The second-order valence-corrected chi connectivity index (χ2v) is 4.91. The molecule has 0 aliphatic heterocycles. The maximum absolute atomic E-state index is 12.0. The number of aliphatic hydroxyl groups excluding tert-OH is 1. The second kappa shape index (κ2) is 5.46. The monoisotopic (exact) mass is 232 g/mol. The van der Waals surface area contributed by atoms with Gasteiger partial charge in [-0.1, -0.05) is 43.7 Å². The summed E-state index contributed by atoms with van der Waals surface area (Å²) in [6.07, 6.45) is 3.02. The number of benzene rings is 1. The molecule has 1 fully saturated rings. The van der Waals surface area contributed by atoms with Gasteiger partial charge in [-0.2, -0.15) is 0 Å². The van der Waals surface area contributed by atoms with Crippen molar-refractivity contribution < 1.29 is 9.90 Å². The molecule has 2 rings (SSSR count). The third kappa shape index (κ3) is 2.58. The quantitative estimate of drug-likeness (QED) is 0.869. The molecule has 2 heteroatoms. The van der Waals surface area contributed by atoms with Gasteiger partial charge in [0.25, 0.3) is 0 Å². The van der Waals surface area contributed by atoms with Gasteiger partial charge in [0.05, 0.1) is 12.0 Å². The van der Waals surface area contributed by atoms with Gasteiger partial charge in [0.15, 0.2) is 0 Å². The van der Waals surface area contributed by atoms with Crippen LogP contribution in [0.15, 0.2) is 30.3 Å². The zero-order valence-corrected chi connectivity index (χ0v) is 10.3. The highest BCUT2D eigenvalue weighted by Gasteiger charge is 2.36. The predicted molar refractivity (Wildman–Crippen MR) is 67.5 cm³/mol. The molecule has 17 heavy (non-hydrogen) atoms. The van der Waals surface area contributed by atoms with E-state index in [2.05, 4.69) is 6.92 Å². The van der Waals surface area contributed by atoms with E-state index in [1.807, 2.05) is 30.3 Å². The Labute approximate surface area is 103 Å². The molecular formula is C15H20O2. The lowest BCUT2D eigenvalue weighted by Crippen LogP contribution is -2.33. The van der Waals surface area contributed by atoms with Crippen LogP contribution in [-0.4, -0.2) is 10.9 Å². The predicted octanol–water partition coefficient (Wildman–Crippen LogP) is 3.12. The number of carbonyl (C=O) groups excluding carboxylic acids is 1. The van der Waals surface area contributed by atoms with Gasteiger partial charge in [0.1, 0.15) is 5.78 Å². The lowest BCUT2D eigenvalue weighted by Gasteiger charge is -2.33. The first kappa shape index (κ1) is 12.3. The molecule has 0 radical (unpaired) electrons. The first-order valence-corrected chi connectivity index (χ1v) is 6.49. The average molecular weight is 232 g/mol. The fraction of sp³-hybridized carbons (Fsp3) is 0.533. The van der Waals surface area contributed by atoms with Gasteiger partial charge in [-0.3, -0.25) is 4.79 Å². The molecule has 0 unspecified atom stereocenters. The summed E-state index contributed by atoms with van der Waals surface area (Å²) in [5, 5.41) is 10.4. The molecule has 0 spiro atoms.